The lowest BCUT2D eigenvalue weighted by Crippen LogP contribution is -2.48. The lowest BCUT2D eigenvalue weighted by Gasteiger charge is -2.28. The van der Waals surface area contributed by atoms with E-state index in [0.717, 1.165) is 12.8 Å². The maximum absolute atomic E-state index is 13.6. The molecule has 8 nitrogen and oxygen atoms in total. The van der Waals surface area contributed by atoms with Gasteiger partial charge in [-0.1, -0.05) is 49.4 Å². The van der Waals surface area contributed by atoms with Gasteiger partial charge in [0.15, 0.2) is 0 Å². The van der Waals surface area contributed by atoms with Crippen molar-refractivity contribution in [1.82, 2.24) is 5.32 Å². The van der Waals surface area contributed by atoms with Crippen LogP contribution >= 0.6 is 0 Å². The Hall–Kier alpha value is -3.89. The van der Waals surface area contributed by atoms with Crippen LogP contribution in [0, 0.1) is 17.3 Å². The molecule has 3 atom stereocenters. The molecular formula is C28H31F3N4O4. The zero-order chi connectivity index (χ0) is 28.4. The van der Waals surface area contributed by atoms with Crippen molar-refractivity contribution < 1.29 is 32.3 Å². The maximum atomic E-state index is 13.6. The average Bonchev–Trinajstić information content (AvgIpc) is 3.64. The maximum Gasteiger partial charge on any atom is 0.389 e. The van der Waals surface area contributed by atoms with Gasteiger partial charge in [0.05, 0.1) is 24.4 Å². The summed E-state index contributed by atoms with van der Waals surface area (Å²) in [5, 5.41) is 5.36. The van der Waals surface area contributed by atoms with E-state index in [1.807, 2.05) is 13.0 Å². The fraction of sp³-hybridized carbons (Fsp3) is 0.429. The second kappa shape index (κ2) is 11.1. The Bertz CT molecular complexity index is 1280. The minimum Gasteiger partial charge on any atom is -0.495 e. The molecule has 2 aromatic carbocycles. The number of rotatable bonds is 10. The van der Waals surface area contributed by atoms with Gasteiger partial charge in [0, 0.05) is 23.5 Å². The smallest absolute Gasteiger partial charge is 0.389 e. The van der Waals surface area contributed by atoms with Crippen molar-refractivity contribution in [2.75, 3.05) is 12.4 Å². The summed E-state index contributed by atoms with van der Waals surface area (Å²) in [5.41, 5.74) is 7.23. The van der Waals surface area contributed by atoms with Crippen LogP contribution in [-0.4, -0.2) is 42.9 Å². The van der Waals surface area contributed by atoms with Gasteiger partial charge in [0.2, 0.25) is 18.0 Å². The summed E-state index contributed by atoms with van der Waals surface area (Å²) in [6.45, 7) is 1.90. The summed E-state index contributed by atoms with van der Waals surface area (Å²) < 4.78 is 44.5. The molecule has 4 rings (SSSR count). The summed E-state index contributed by atoms with van der Waals surface area (Å²) in [4.78, 5) is 43.8. The number of halogens is 3. The highest BCUT2D eigenvalue weighted by Crippen LogP contribution is 2.51. The van der Waals surface area contributed by atoms with Crippen molar-refractivity contribution in [3.05, 3.63) is 59.7 Å². The van der Waals surface area contributed by atoms with Crippen LogP contribution in [0.2, 0.25) is 0 Å². The van der Waals surface area contributed by atoms with E-state index < -0.39 is 54.7 Å². The molecule has 4 N–H and O–H groups in total. The number of carbonyl (C=O) groups excluding carboxylic acids is 3. The number of benzodiazepines with no additional fused rings is 1. The number of nitrogens with one attached hydrogen (secondary N) is 2. The predicted molar refractivity (Wildman–Crippen MR) is 139 cm³/mol. The van der Waals surface area contributed by atoms with Gasteiger partial charge in [-0.2, -0.15) is 13.2 Å². The number of benzene rings is 2. The summed E-state index contributed by atoms with van der Waals surface area (Å²) in [7, 11) is 1.46. The minimum atomic E-state index is -4.51. The van der Waals surface area contributed by atoms with Gasteiger partial charge in [0.25, 0.3) is 5.91 Å². The van der Waals surface area contributed by atoms with Crippen molar-refractivity contribution in [3.8, 4) is 5.75 Å². The number of alkyl halides is 3. The van der Waals surface area contributed by atoms with Gasteiger partial charge >= 0.3 is 6.18 Å². The van der Waals surface area contributed by atoms with Crippen LogP contribution < -0.4 is 21.1 Å². The number of aliphatic imine (C=N–C) groups is 1. The summed E-state index contributed by atoms with van der Waals surface area (Å²) in [6, 6.07) is 14.2. The Balaban J connectivity index is 1.69. The van der Waals surface area contributed by atoms with E-state index >= 15 is 0 Å². The number of anilines is 1. The van der Waals surface area contributed by atoms with E-state index in [1.165, 1.54) is 7.11 Å². The third-order valence-corrected chi connectivity index (χ3v) is 7.33. The average molecular weight is 545 g/mol. The molecule has 1 heterocycles. The van der Waals surface area contributed by atoms with E-state index in [9.17, 15) is 27.6 Å². The Morgan fingerprint density at radius 2 is 1.85 bits per heavy atom. The predicted octanol–water partition coefficient (Wildman–Crippen LogP) is 4.18. The van der Waals surface area contributed by atoms with Gasteiger partial charge in [-0.3, -0.25) is 14.4 Å². The highest BCUT2D eigenvalue weighted by atomic mass is 19.4. The van der Waals surface area contributed by atoms with Crippen LogP contribution in [0.5, 0.6) is 5.75 Å². The fourth-order valence-electron chi connectivity index (χ4n) is 4.87. The highest BCUT2D eigenvalue weighted by Gasteiger charge is 2.46. The van der Waals surface area contributed by atoms with Gasteiger partial charge < -0.3 is 21.1 Å². The van der Waals surface area contributed by atoms with Crippen molar-refractivity contribution in [1.29, 1.82) is 0 Å². The molecule has 1 fully saturated rings. The molecular weight excluding hydrogens is 513 g/mol. The molecule has 11 heteroatoms. The van der Waals surface area contributed by atoms with Gasteiger partial charge in [0.1, 0.15) is 5.75 Å². The lowest BCUT2D eigenvalue weighted by molar-refractivity contribution is -0.146. The number of nitrogens with zero attached hydrogens (tertiary/aromatic N) is 1. The first kappa shape index (κ1) is 28.1. The van der Waals surface area contributed by atoms with Crippen LogP contribution in [0.25, 0.3) is 0 Å². The first-order chi connectivity index (χ1) is 18.4. The zero-order valence-electron chi connectivity index (χ0n) is 21.7. The molecule has 0 bridgehead atoms. The number of carbonyl (C=O) groups is 3. The summed E-state index contributed by atoms with van der Waals surface area (Å²) in [6.07, 6.45) is -6.09. The number of hydrogen-bond donors (Lipinski definition) is 3. The number of fused-ring (bicyclic) bond motifs is 1. The lowest BCUT2D eigenvalue weighted by atomic mass is 9.80. The molecule has 0 saturated heterocycles. The fourth-order valence-corrected chi connectivity index (χ4v) is 4.87. The number of para-hydroxylation sites is 1. The molecule has 0 spiro atoms. The van der Waals surface area contributed by atoms with Crippen molar-refractivity contribution in [3.63, 3.8) is 0 Å². The number of hydrogen-bond acceptors (Lipinski definition) is 5. The Morgan fingerprint density at radius 3 is 2.44 bits per heavy atom. The van der Waals surface area contributed by atoms with E-state index in [4.69, 9.17) is 10.5 Å². The van der Waals surface area contributed by atoms with Crippen molar-refractivity contribution >= 4 is 29.1 Å². The number of ether oxygens (including phenoxy) is 1. The molecule has 2 aromatic rings. The molecule has 1 aliphatic carbocycles. The topological polar surface area (TPSA) is 123 Å². The van der Waals surface area contributed by atoms with E-state index in [-0.39, 0.29) is 11.8 Å². The minimum absolute atomic E-state index is 0.169. The first-order valence-corrected chi connectivity index (χ1v) is 12.7. The van der Waals surface area contributed by atoms with Gasteiger partial charge in [-0.05, 0) is 37.2 Å². The van der Waals surface area contributed by atoms with E-state index in [1.54, 1.807) is 42.5 Å². The number of nitrogens with two attached hydrogens (primary N) is 1. The third-order valence-electron chi connectivity index (χ3n) is 7.33. The van der Waals surface area contributed by atoms with E-state index in [0.29, 0.717) is 28.3 Å². The van der Waals surface area contributed by atoms with Crippen LogP contribution in [0.1, 0.15) is 50.2 Å². The molecule has 1 saturated carbocycles. The standard InChI is InChI=1S/C28H31F3N4O4/c1-27(13-14-27)15-19(17(23(32)36)11-12-28(29,30)31)25(37)35-24-26(38)34-22-18(9-6-10-20(22)39-2)21(33-24)16-7-4-3-5-8-16/h3-10,17,19,24H,11-15H2,1-2H3,(H2,32,36)(H,34,38)(H,35,37)/t17-,19+,24-/m1/s1. The van der Waals surface area contributed by atoms with Gasteiger partial charge in [-0.25, -0.2) is 4.99 Å². The Morgan fingerprint density at radius 1 is 1.15 bits per heavy atom. The monoisotopic (exact) mass is 544 g/mol. The number of methoxy groups -OCH3 is 1. The second-order valence-electron chi connectivity index (χ2n) is 10.4. The normalized spacial score (nSPS) is 19.5. The molecule has 3 amide bonds. The number of amides is 3. The molecule has 2 aliphatic rings. The van der Waals surface area contributed by atoms with Crippen LogP contribution in [0.4, 0.5) is 18.9 Å². The Labute approximate surface area is 224 Å². The number of primary amides is 1. The quantitative estimate of drug-likeness (QED) is 0.415. The second-order valence-corrected chi connectivity index (χ2v) is 10.4. The molecule has 0 radical (unpaired) electrons. The molecule has 39 heavy (non-hydrogen) atoms. The highest BCUT2D eigenvalue weighted by molar-refractivity contribution is 6.20. The SMILES string of the molecule is COc1cccc2c1NC(=O)[C@@H](NC(=O)[C@@H](CC1(C)CC1)[C@@H](CCC(F)(F)F)C(N)=O)N=C2c1ccccc1. The van der Waals surface area contributed by atoms with E-state index in [2.05, 4.69) is 15.6 Å². The van der Waals surface area contributed by atoms with Crippen molar-refractivity contribution in [2.24, 2.45) is 28.0 Å². The Kier molecular flexibility index (Phi) is 7.99. The zero-order valence-corrected chi connectivity index (χ0v) is 21.7. The molecule has 208 valence electrons. The van der Waals surface area contributed by atoms with Crippen LogP contribution in [-0.2, 0) is 14.4 Å². The summed E-state index contributed by atoms with van der Waals surface area (Å²) >= 11 is 0. The largest absolute Gasteiger partial charge is 0.495 e. The van der Waals surface area contributed by atoms with Crippen molar-refractivity contribution in [2.45, 2.75) is 51.4 Å². The molecule has 0 aromatic heterocycles. The molecule has 1 aliphatic heterocycles. The first-order valence-electron chi connectivity index (χ1n) is 12.7. The summed E-state index contributed by atoms with van der Waals surface area (Å²) in [5.74, 6) is -4.52. The van der Waals surface area contributed by atoms with Crippen LogP contribution in [0.15, 0.2) is 53.5 Å². The molecule has 0 unspecified atom stereocenters. The van der Waals surface area contributed by atoms with Crippen LogP contribution in [0.3, 0.4) is 0 Å². The third kappa shape index (κ3) is 6.76. The van der Waals surface area contributed by atoms with Gasteiger partial charge in [-0.15, -0.1) is 0 Å².